The van der Waals surface area contributed by atoms with Crippen molar-refractivity contribution in [2.45, 2.75) is 19.9 Å². The molecule has 0 aliphatic carbocycles. The number of aromatic nitrogens is 3. The quantitative estimate of drug-likeness (QED) is 0.761. The van der Waals surface area contributed by atoms with Crippen LogP contribution in [0, 0.1) is 0 Å². The molecule has 1 unspecified atom stereocenters. The van der Waals surface area contributed by atoms with Crippen molar-refractivity contribution in [3.8, 4) is 6.01 Å². The maximum absolute atomic E-state index is 11.8. The summed E-state index contributed by atoms with van der Waals surface area (Å²) < 4.78 is 4.99. The number of nitrogens with one attached hydrogen (secondary N) is 2. The van der Waals surface area contributed by atoms with E-state index >= 15 is 0 Å². The minimum atomic E-state index is -0.434. The first kappa shape index (κ1) is 14.9. The van der Waals surface area contributed by atoms with Crippen LogP contribution >= 0.6 is 0 Å². The summed E-state index contributed by atoms with van der Waals surface area (Å²) in [6.07, 6.45) is 0. The third-order valence-electron chi connectivity index (χ3n) is 2.29. The Balaban J connectivity index is 2.87. The van der Waals surface area contributed by atoms with E-state index in [-0.39, 0.29) is 11.9 Å². The molecule has 0 aliphatic heterocycles. The number of hydrogen-bond acceptors (Lipinski definition) is 7. The molecule has 0 fully saturated rings. The molecule has 1 aromatic rings. The number of amides is 1. The summed E-state index contributed by atoms with van der Waals surface area (Å²) in [5.74, 6) is 0.635. The second-order valence-electron chi connectivity index (χ2n) is 4.10. The summed E-state index contributed by atoms with van der Waals surface area (Å²) in [6.45, 7) is 4.35. The van der Waals surface area contributed by atoms with Gasteiger partial charge in [0, 0.05) is 20.6 Å². The van der Waals surface area contributed by atoms with Crippen LogP contribution in [0.2, 0.25) is 0 Å². The number of ether oxygens (including phenoxy) is 1. The van der Waals surface area contributed by atoms with E-state index in [4.69, 9.17) is 4.74 Å². The van der Waals surface area contributed by atoms with Gasteiger partial charge in [-0.2, -0.15) is 15.0 Å². The van der Waals surface area contributed by atoms with Crippen molar-refractivity contribution in [1.29, 1.82) is 0 Å². The molecule has 0 aliphatic rings. The molecule has 1 atom stereocenters. The molecule has 8 heteroatoms. The Hall–Kier alpha value is -2.12. The van der Waals surface area contributed by atoms with Crippen LogP contribution in [0.3, 0.4) is 0 Å². The first-order chi connectivity index (χ1) is 8.97. The average molecular weight is 268 g/mol. The van der Waals surface area contributed by atoms with Gasteiger partial charge in [0.2, 0.25) is 17.8 Å². The molecule has 8 nitrogen and oxygen atoms in total. The molecule has 1 rings (SSSR count). The van der Waals surface area contributed by atoms with E-state index in [0.717, 1.165) is 0 Å². The van der Waals surface area contributed by atoms with Crippen molar-refractivity contribution in [3.05, 3.63) is 0 Å². The lowest BCUT2D eigenvalue weighted by Gasteiger charge is -2.18. The first-order valence-electron chi connectivity index (χ1n) is 5.99. The van der Waals surface area contributed by atoms with E-state index in [1.165, 1.54) is 12.0 Å². The molecule has 2 N–H and O–H groups in total. The molecule has 1 aromatic heterocycles. The standard InChI is InChI=1S/C11H20N6O2/c1-6-12-9-14-10(16-11(15-9)19-5)13-7(2)8(18)17(3)4/h7H,6H2,1-5H3,(H2,12,13,14,15,16). The van der Waals surface area contributed by atoms with Gasteiger partial charge in [-0.15, -0.1) is 0 Å². The third-order valence-corrected chi connectivity index (χ3v) is 2.29. The minimum absolute atomic E-state index is 0.0654. The Labute approximate surface area is 112 Å². The lowest BCUT2D eigenvalue weighted by molar-refractivity contribution is -0.129. The molecular weight excluding hydrogens is 248 g/mol. The van der Waals surface area contributed by atoms with Crippen LogP contribution in [-0.2, 0) is 4.79 Å². The second-order valence-corrected chi connectivity index (χ2v) is 4.10. The lowest BCUT2D eigenvalue weighted by atomic mass is 10.3. The second kappa shape index (κ2) is 6.72. The summed E-state index contributed by atoms with van der Waals surface area (Å²) in [4.78, 5) is 25.5. The number of rotatable bonds is 6. The number of carbonyl (C=O) groups excluding carboxylic acids is 1. The summed E-state index contributed by atoms with van der Waals surface area (Å²) in [7, 11) is 4.86. The van der Waals surface area contributed by atoms with Crippen molar-refractivity contribution in [2.75, 3.05) is 38.4 Å². The summed E-state index contributed by atoms with van der Waals surface area (Å²) in [5, 5.41) is 5.89. The number of methoxy groups -OCH3 is 1. The zero-order chi connectivity index (χ0) is 14.4. The molecular formula is C11H20N6O2. The Kier molecular flexibility index (Phi) is 5.28. The van der Waals surface area contributed by atoms with Crippen LogP contribution in [0.1, 0.15) is 13.8 Å². The van der Waals surface area contributed by atoms with Crippen molar-refractivity contribution >= 4 is 17.8 Å². The molecule has 1 heterocycles. The van der Waals surface area contributed by atoms with Crippen LogP contribution in [0.15, 0.2) is 0 Å². The van der Waals surface area contributed by atoms with E-state index in [0.29, 0.717) is 18.4 Å². The van der Waals surface area contributed by atoms with Crippen molar-refractivity contribution in [2.24, 2.45) is 0 Å². The lowest BCUT2D eigenvalue weighted by Crippen LogP contribution is -2.37. The highest BCUT2D eigenvalue weighted by molar-refractivity contribution is 5.83. The number of likely N-dealkylation sites (N-methyl/N-ethyl adjacent to an activating group) is 1. The molecule has 0 saturated carbocycles. The highest BCUT2D eigenvalue weighted by Gasteiger charge is 2.16. The normalized spacial score (nSPS) is 11.6. The van der Waals surface area contributed by atoms with Gasteiger partial charge < -0.3 is 20.3 Å². The Morgan fingerprint density at radius 1 is 1.32 bits per heavy atom. The van der Waals surface area contributed by atoms with E-state index in [1.807, 2.05) is 6.92 Å². The first-order valence-corrected chi connectivity index (χ1v) is 5.99. The summed E-state index contributed by atoms with van der Waals surface area (Å²) in [6, 6.07) is -0.241. The Morgan fingerprint density at radius 3 is 2.47 bits per heavy atom. The highest BCUT2D eigenvalue weighted by Crippen LogP contribution is 2.11. The van der Waals surface area contributed by atoms with Crippen molar-refractivity contribution in [1.82, 2.24) is 19.9 Å². The number of nitrogens with zero attached hydrogens (tertiary/aromatic N) is 4. The van der Waals surface area contributed by atoms with Gasteiger partial charge in [0.25, 0.3) is 0 Å². The predicted molar refractivity (Wildman–Crippen MR) is 72.3 cm³/mol. The zero-order valence-electron chi connectivity index (χ0n) is 11.9. The van der Waals surface area contributed by atoms with E-state index in [9.17, 15) is 4.79 Å². The molecule has 19 heavy (non-hydrogen) atoms. The van der Waals surface area contributed by atoms with Gasteiger partial charge in [0.1, 0.15) is 6.04 Å². The maximum Gasteiger partial charge on any atom is 0.322 e. The smallest absolute Gasteiger partial charge is 0.322 e. The summed E-state index contributed by atoms with van der Waals surface area (Å²) >= 11 is 0. The van der Waals surface area contributed by atoms with Gasteiger partial charge in [-0.1, -0.05) is 0 Å². The number of hydrogen-bond donors (Lipinski definition) is 2. The SMILES string of the molecule is CCNc1nc(NC(C)C(=O)N(C)C)nc(OC)n1. The van der Waals surface area contributed by atoms with Crippen LogP contribution in [0.5, 0.6) is 6.01 Å². The van der Waals surface area contributed by atoms with Gasteiger partial charge in [-0.25, -0.2) is 0 Å². The van der Waals surface area contributed by atoms with Gasteiger partial charge in [0.05, 0.1) is 7.11 Å². The van der Waals surface area contributed by atoms with Crippen LogP contribution in [0.25, 0.3) is 0 Å². The fraction of sp³-hybridized carbons (Fsp3) is 0.636. The molecule has 0 saturated heterocycles. The molecule has 106 valence electrons. The topological polar surface area (TPSA) is 92.3 Å². The van der Waals surface area contributed by atoms with E-state index < -0.39 is 6.04 Å². The van der Waals surface area contributed by atoms with Gasteiger partial charge in [-0.05, 0) is 13.8 Å². The maximum atomic E-state index is 11.8. The van der Waals surface area contributed by atoms with Gasteiger partial charge >= 0.3 is 6.01 Å². The average Bonchev–Trinajstić information content (AvgIpc) is 2.37. The Bertz CT molecular complexity index is 437. The predicted octanol–water partition coefficient (Wildman–Crippen LogP) is 0.201. The van der Waals surface area contributed by atoms with Crippen molar-refractivity contribution in [3.63, 3.8) is 0 Å². The molecule has 0 bridgehead atoms. The Morgan fingerprint density at radius 2 is 1.95 bits per heavy atom. The van der Waals surface area contributed by atoms with E-state index in [1.54, 1.807) is 21.0 Å². The van der Waals surface area contributed by atoms with Gasteiger partial charge in [-0.3, -0.25) is 4.79 Å². The van der Waals surface area contributed by atoms with E-state index in [2.05, 4.69) is 25.6 Å². The monoisotopic (exact) mass is 268 g/mol. The fourth-order valence-corrected chi connectivity index (χ4v) is 1.39. The molecule has 0 radical (unpaired) electrons. The highest BCUT2D eigenvalue weighted by atomic mass is 16.5. The number of anilines is 2. The minimum Gasteiger partial charge on any atom is -0.467 e. The number of carbonyl (C=O) groups is 1. The van der Waals surface area contributed by atoms with Crippen LogP contribution in [-0.4, -0.2) is 59.6 Å². The largest absolute Gasteiger partial charge is 0.467 e. The fourth-order valence-electron chi connectivity index (χ4n) is 1.39. The molecule has 1 amide bonds. The third kappa shape index (κ3) is 4.23. The molecule has 0 aromatic carbocycles. The van der Waals surface area contributed by atoms with Crippen LogP contribution in [0.4, 0.5) is 11.9 Å². The van der Waals surface area contributed by atoms with Crippen molar-refractivity contribution < 1.29 is 9.53 Å². The van der Waals surface area contributed by atoms with Crippen LogP contribution < -0.4 is 15.4 Å². The van der Waals surface area contributed by atoms with Gasteiger partial charge in [0.15, 0.2) is 0 Å². The zero-order valence-corrected chi connectivity index (χ0v) is 11.9. The summed E-state index contributed by atoms with van der Waals surface area (Å²) in [5.41, 5.74) is 0. The molecule has 0 spiro atoms.